The third-order valence-corrected chi connectivity index (χ3v) is 2.76. The Morgan fingerprint density at radius 3 is 3.25 bits per heavy atom. The zero-order valence-electron chi connectivity index (χ0n) is 7.46. The molecule has 2 atom stereocenters. The number of nitrogens with one attached hydrogen (secondary N) is 1. The van der Waals surface area contributed by atoms with Crippen LogP contribution in [-0.4, -0.2) is 13.1 Å². The zero-order valence-corrected chi connectivity index (χ0v) is 7.46. The van der Waals surface area contributed by atoms with Crippen molar-refractivity contribution >= 4 is 0 Å². The molecular formula is C11H15N. The van der Waals surface area contributed by atoms with Crippen LogP contribution in [0.15, 0.2) is 36.0 Å². The molecule has 12 heavy (non-hydrogen) atoms. The molecule has 0 fully saturated rings. The van der Waals surface area contributed by atoms with Crippen molar-refractivity contribution in [2.45, 2.75) is 18.9 Å². The van der Waals surface area contributed by atoms with Crippen LogP contribution < -0.4 is 5.32 Å². The molecule has 0 aromatic rings. The minimum absolute atomic E-state index is 0.551. The highest BCUT2D eigenvalue weighted by molar-refractivity contribution is 5.35. The third-order valence-electron chi connectivity index (χ3n) is 2.76. The summed E-state index contributed by atoms with van der Waals surface area (Å²) in [6.07, 6.45) is 13.7. The Labute approximate surface area is 73.9 Å². The van der Waals surface area contributed by atoms with Crippen molar-refractivity contribution in [2.24, 2.45) is 5.92 Å². The van der Waals surface area contributed by atoms with Crippen molar-refractivity contribution in [1.82, 2.24) is 5.32 Å². The molecule has 2 aliphatic rings. The van der Waals surface area contributed by atoms with Gasteiger partial charge in [-0.05, 0) is 25.5 Å². The van der Waals surface area contributed by atoms with E-state index >= 15 is 0 Å². The molecule has 1 N–H and O–H groups in total. The number of rotatable bonds is 1. The Hall–Kier alpha value is -0.820. The number of hydrogen-bond donors (Lipinski definition) is 1. The highest BCUT2D eigenvalue weighted by Gasteiger charge is 2.23. The van der Waals surface area contributed by atoms with Gasteiger partial charge in [-0.3, -0.25) is 0 Å². The Balaban J connectivity index is 2.23. The molecule has 64 valence electrons. The van der Waals surface area contributed by atoms with E-state index in [-0.39, 0.29) is 0 Å². The maximum Gasteiger partial charge on any atom is 0.0319 e. The van der Waals surface area contributed by atoms with Crippen LogP contribution >= 0.6 is 0 Å². The molecule has 0 bridgehead atoms. The van der Waals surface area contributed by atoms with Crippen molar-refractivity contribution in [3.8, 4) is 0 Å². The van der Waals surface area contributed by atoms with Crippen LogP contribution in [0.2, 0.25) is 0 Å². The van der Waals surface area contributed by atoms with Gasteiger partial charge in [-0.15, -0.1) is 0 Å². The van der Waals surface area contributed by atoms with Crippen molar-refractivity contribution in [3.63, 3.8) is 0 Å². The largest absolute Gasteiger partial charge is 0.313 e. The van der Waals surface area contributed by atoms with Gasteiger partial charge < -0.3 is 5.32 Å². The number of hydrogen-bond acceptors (Lipinski definition) is 1. The molecule has 0 radical (unpaired) electrons. The first-order valence-electron chi connectivity index (χ1n) is 4.64. The van der Waals surface area contributed by atoms with Crippen LogP contribution in [0.1, 0.15) is 12.8 Å². The average Bonchev–Trinajstić information content (AvgIpc) is 2.17. The summed E-state index contributed by atoms with van der Waals surface area (Å²) in [5, 5.41) is 3.34. The summed E-state index contributed by atoms with van der Waals surface area (Å²) in [4.78, 5) is 0. The van der Waals surface area contributed by atoms with E-state index in [4.69, 9.17) is 0 Å². The second-order valence-electron chi connectivity index (χ2n) is 3.45. The summed E-state index contributed by atoms with van der Waals surface area (Å²) in [5.41, 5.74) is 1.49. The minimum Gasteiger partial charge on any atom is -0.313 e. The monoisotopic (exact) mass is 161 g/mol. The molecule has 0 aromatic heterocycles. The topological polar surface area (TPSA) is 12.0 Å². The summed E-state index contributed by atoms with van der Waals surface area (Å²) in [7, 11) is 2.04. The van der Waals surface area contributed by atoms with Crippen LogP contribution in [-0.2, 0) is 0 Å². The van der Waals surface area contributed by atoms with Gasteiger partial charge in [-0.2, -0.15) is 0 Å². The molecule has 2 aliphatic carbocycles. The van der Waals surface area contributed by atoms with Gasteiger partial charge in [-0.1, -0.05) is 30.4 Å². The summed E-state index contributed by atoms with van der Waals surface area (Å²) in [6, 6.07) is 0.551. The molecule has 0 amide bonds. The van der Waals surface area contributed by atoms with E-state index in [1.54, 1.807) is 0 Å². The zero-order chi connectivity index (χ0) is 8.39. The van der Waals surface area contributed by atoms with E-state index in [0.717, 1.165) is 0 Å². The SMILES string of the molecule is CN[C@H]1C=CC=C2C=CCCC21. The third kappa shape index (κ3) is 1.25. The summed E-state index contributed by atoms with van der Waals surface area (Å²) in [6.45, 7) is 0. The maximum atomic E-state index is 3.34. The maximum absolute atomic E-state index is 3.34. The van der Waals surface area contributed by atoms with Crippen LogP contribution in [0.4, 0.5) is 0 Å². The van der Waals surface area contributed by atoms with E-state index < -0.39 is 0 Å². The fourth-order valence-corrected chi connectivity index (χ4v) is 2.07. The standard InChI is InChI=1S/C11H15N/c1-12-11-8-4-6-9-5-2-3-7-10(9)11/h2,4-6,8,10-12H,3,7H2,1H3/t10?,11-/m0/s1. The lowest BCUT2D eigenvalue weighted by Gasteiger charge is -2.30. The molecule has 0 saturated heterocycles. The number of likely N-dealkylation sites (N-methyl/N-ethyl adjacent to an activating group) is 1. The van der Waals surface area contributed by atoms with Crippen LogP contribution in [0, 0.1) is 5.92 Å². The number of allylic oxidation sites excluding steroid dienone is 4. The normalized spacial score (nSPS) is 32.9. The van der Waals surface area contributed by atoms with Gasteiger partial charge in [0, 0.05) is 12.0 Å². The van der Waals surface area contributed by atoms with Gasteiger partial charge in [0.2, 0.25) is 0 Å². The molecule has 0 aromatic carbocycles. The molecule has 1 nitrogen and oxygen atoms in total. The molecule has 0 saturated carbocycles. The fourth-order valence-electron chi connectivity index (χ4n) is 2.07. The molecule has 1 unspecified atom stereocenters. The predicted octanol–water partition coefficient (Wildman–Crippen LogP) is 2.04. The lowest BCUT2D eigenvalue weighted by atomic mass is 9.81. The first-order chi connectivity index (χ1) is 5.92. The predicted molar refractivity (Wildman–Crippen MR) is 51.9 cm³/mol. The van der Waals surface area contributed by atoms with Gasteiger partial charge in [0.05, 0.1) is 0 Å². The fraction of sp³-hybridized carbons (Fsp3) is 0.455. The lowest BCUT2D eigenvalue weighted by molar-refractivity contribution is 0.452. The molecule has 0 aliphatic heterocycles. The Morgan fingerprint density at radius 1 is 1.50 bits per heavy atom. The van der Waals surface area contributed by atoms with Gasteiger partial charge in [0.15, 0.2) is 0 Å². The van der Waals surface area contributed by atoms with Gasteiger partial charge >= 0.3 is 0 Å². The van der Waals surface area contributed by atoms with Crippen LogP contribution in [0.3, 0.4) is 0 Å². The quantitative estimate of drug-likeness (QED) is 0.620. The molecule has 0 spiro atoms. The summed E-state index contributed by atoms with van der Waals surface area (Å²) in [5.74, 6) is 0.713. The van der Waals surface area contributed by atoms with Crippen LogP contribution in [0.25, 0.3) is 0 Å². The van der Waals surface area contributed by atoms with Crippen LogP contribution in [0.5, 0.6) is 0 Å². The highest BCUT2D eigenvalue weighted by Crippen LogP contribution is 2.29. The Kier molecular flexibility index (Phi) is 2.13. The molecule has 2 rings (SSSR count). The van der Waals surface area contributed by atoms with Crippen molar-refractivity contribution in [1.29, 1.82) is 0 Å². The number of fused-ring (bicyclic) bond motifs is 1. The van der Waals surface area contributed by atoms with Crippen molar-refractivity contribution in [3.05, 3.63) is 36.0 Å². The van der Waals surface area contributed by atoms with Gasteiger partial charge in [0.1, 0.15) is 0 Å². The van der Waals surface area contributed by atoms with E-state index in [1.165, 1.54) is 18.4 Å². The second-order valence-corrected chi connectivity index (χ2v) is 3.45. The van der Waals surface area contributed by atoms with Crippen molar-refractivity contribution < 1.29 is 0 Å². The molecule has 0 heterocycles. The molecule has 1 heteroatoms. The van der Waals surface area contributed by atoms with E-state index in [2.05, 4.69) is 35.7 Å². The highest BCUT2D eigenvalue weighted by atomic mass is 14.9. The Morgan fingerprint density at radius 2 is 2.42 bits per heavy atom. The van der Waals surface area contributed by atoms with E-state index in [0.29, 0.717) is 12.0 Å². The molecular weight excluding hydrogens is 146 g/mol. The second kappa shape index (κ2) is 3.28. The summed E-state index contributed by atoms with van der Waals surface area (Å²) < 4.78 is 0. The van der Waals surface area contributed by atoms with Gasteiger partial charge in [-0.25, -0.2) is 0 Å². The lowest BCUT2D eigenvalue weighted by Crippen LogP contribution is -2.34. The first-order valence-corrected chi connectivity index (χ1v) is 4.64. The summed E-state index contributed by atoms with van der Waals surface area (Å²) >= 11 is 0. The minimum atomic E-state index is 0.551. The van der Waals surface area contributed by atoms with Gasteiger partial charge in [0.25, 0.3) is 0 Å². The smallest absolute Gasteiger partial charge is 0.0319 e. The van der Waals surface area contributed by atoms with E-state index in [1.807, 2.05) is 7.05 Å². The Bertz CT molecular complexity index is 248. The average molecular weight is 161 g/mol. The van der Waals surface area contributed by atoms with Crippen molar-refractivity contribution in [2.75, 3.05) is 7.05 Å². The van der Waals surface area contributed by atoms with E-state index in [9.17, 15) is 0 Å². The first kappa shape index (κ1) is 7.81.